The van der Waals surface area contributed by atoms with E-state index in [1.54, 1.807) is 26.0 Å². The van der Waals surface area contributed by atoms with Gasteiger partial charge in [0, 0.05) is 5.56 Å². The van der Waals surface area contributed by atoms with Gasteiger partial charge in [0.1, 0.15) is 16.7 Å². The molecule has 1 N–H and O–H groups in total. The van der Waals surface area contributed by atoms with Crippen LogP contribution in [0, 0.1) is 27.7 Å². The summed E-state index contributed by atoms with van der Waals surface area (Å²) in [6.07, 6.45) is 0. The Balaban J connectivity index is 2.31. The molecule has 0 aliphatic rings. The Morgan fingerprint density at radius 1 is 1.21 bits per heavy atom. The third-order valence-corrected chi connectivity index (χ3v) is 3.30. The molecule has 2 heterocycles. The molecule has 1 amide bonds. The van der Waals surface area contributed by atoms with Crippen LogP contribution in [-0.4, -0.2) is 10.9 Å². The molecular formula is C14H15ClN2O2. The Labute approximate surface area is 116 Å². The average molecular weight is 279 g/mol. The summed E-state index contributed by atoms with van der Waals surface area (Å²) in [6, 6.07) is 3.38. The van der Waals surface area contributed by atoms with Gasteiger partial charge in [-0.05, 0) is 39.8 Å². The molecule has 0 fully saturated rings. The maximum Gasteiger partial charge on any atom is 0.259 e. The van der Waals surface area contributed by atoms with Gasteiger partial charge in [0.2, 0.25) is 0 Å². The highest BCUT2D eigenvalue weighted by Crippen LogP contribution is 2.23. The molecule has 0 radical (unpaired) electrons. The van der Waals surface area contributed by atoms with Crippen LogP contribution >= 0.6 is 11.6 Å². The van der Waals surface area contributed by atoms with Crippen molar-refractivity contribution in [3.8, 4) is 0 Å². The molecule has 0 bridgehead atoms. The van der Waals surface area contributed by atoms with Crippen LogP contribution in [0.1, 0.15) is 33.1 Å². The van der Waals surface area contributed by atoms with Crippen LogP contribution in [0.3, 0.4) is 0 Å². The Bertz CT molecular complexity index is 647. The lowest BCUT2D eigenvalue weighted by atomic mass is 10.1. The van der Waals surface area contributed by atoms with Gasteiger partial charge in [0.05, 0.1) is 16.9 Å². The third-order valence-electron chi connectivity index (χ3n) is 3.09. The first kappa shape index (κ1) is 13.6. The number of rotatable bonds is 2. The molecule has 0 atom stereocenters. The van der Waals surface area contributed by atoms with Crippen LogP contribution in [-0.2, 0) is 0 Å². The number of halogens is 1. The molecule has 0 saturated carbocycles. The number of carbonyl (C=O) groups excluding carboxylic acids is 1. The molecular weight excluding hydrogens is 264 g/mol. The normalized spacial score (nSPS) is 10.6. The predicted octanol–water partition coefficient (Wildman–Crippen LogP) is 3.81. The van der Waals surface area contributed by atoms with Crippen molar-refractivity contribution in [2.45, 2.75) is 27.7 Å². The van der Waals surface area contributed by atoms with Crippen molar-refractivity contribution in [1.82, 2.24) is 4.98 Å². The molecule has 0 aromatic carbocycles. The predicted molar refractivity (Wildman–Crippen MR) is 74.9 cm³/mol. The van der Waals surface area contributed by atoms with E-state index in [1.807, 2.05) is 13.8 Å². The molecule has 0 aliphatic heterocycles. The molecule has 100 valence electrons. The highest BCUT2D eigenvalue weighted by molar-refractivity contribution is 6.29. The molecule has 2 rings (SSSR count). The third kappa shape index (κ3) is 2.63. The van der Waals surface area contributed by atoms with Gasteiger partial charge in [-0.1, -0.05) is 11.6 Å². The minimum absolute atomic E-state index is 0.195. The number of nitrogens with zero attached hydrogens (tertiary/aromatic N) is 1. The number of amides is 1. The van der Waals surface area contributed by atoms with Gasteiger partial charge < -0.3 is 9.73 Å². The van der Waals surface area contributed by atoms with E-state index in [0.717, 1.165) is 11.3 Å². The smallest absolute Gasteiger partial charge is 0.259 e. The molecule has 4 nitrogen and oxygen atoms in total. The highest BCUT2D eigenvalue weighted by atomic mass is 35.5. The molecule has 2 aromatic heterocycles. The first-order valence-electron chi connectivity index (χ1n) is 5.91. The summed E-state index contributed by atoms with van der Waals surface area (Å²) in [5.41, 5.74) is 2.75. The van der Waals surface area contributed by atoms with Gasteiger partial charge in [0.25, 0.3) is 5.91 Å². The number of furan rings is 1. The van der Waals surface area contributed by atoms with Gasteiger partial charge >= 0.3 is 0 Å². The summed E-state index contributed by atoms with van der Waals surface area (Å²) in [4.78, 5) is 16.4. The zero-order valence-corrected chi connectivity index (χ0v) is 12.1. The Kier molecular flexibility index (Phi) is 3.62. The minimum Gasteiger partial charge on any atom is -0.466 e. The summed E-state index contributed by atoms with van der Waals surface area (Å²) in [5.74, 6) is 1.18. The summed E-state index contributed by atoms with van der Waals surface area (Å²) < 4.78 is 5.46. The number of carbonyl (C=O) groups is 1. The van der Waals surface area contributed by atoms with E-state index in [0.29, 0.717) is 27.9 Å². The molecule has 0 unspecified atom stereocenters. The maximum atomic E-state index is 12.3. The van der Waals surface area contributed by atoms with E-state index in [1.165, 1.54) is 0 Å². The fraction of sp³-hybridized carbons (Fsp3) is 0.286. The van der Waals surface area contributed by atoms with Crippen molar-refractivity contribution in [3.05, 3.63) is 45.6 Å². The second-order valence-electron chi connectivity index (χ2n) is 4.44. The molecule has 19 heavy (non-hydrogen) atoms. The maximum absolute atomic E-state index is 12.3. The van der Waals surface area contributed by atoms with Crippen LogP contribution in [0.2, 0.25) is 5.15 Å². The molecule has 2 aromatic rings. The molecule has 0 spiro atoms. The Morgan fingerprint density at radius 2 is 1.89 bits per heavy atom. The zero-order chi connectivity index (χ0) is 14.2. The first-order chi connectivity index (χ1) is 8.90. The van der Waals surface area contributed by atoms with Gasteiger partial charge in [-0.25, -0.2) is 4.98 Å². The van der Waals surface area contributed by atoms with Gasteiger partial charge in [-0.15, -0.1) is 0 Å². The van der Waals surface area contributed by atoms with Crippen LogP contribution in [0.5, 0.6) is 0 Å². The number of aryl methyl sites for hydroxylation is 3. The van der Waals surface area contributed by atoms with Gasteiger partial charge in [-0.2, -0.15) is 0 Å². The topological polar surface area (TPSA) is 55.1 Å². The SMILES string of the molecule is Cc1nc(Cl)ccc1NC(=O)c1c(C)oc(C)c1C. The van der Waals surface area contributed by atoms with E-state index in [4.69, 9.17) is 16.0 Å². The second kappa shape index (κ2) is 5.05. The van der Waals surface area contributed by atoms with Crippen molar-refractivity contribution in [2.24, 2.45) is 0 Å². The number of hydrogen-bond acceptors (Lipinski definition) is 3. The zero-order valence-electron chi connectivity index (χ0n) is 11.3. The standard InChI is InChI=1S/C14H15ClN2O2/c1-7-9(3)19-10(4)13(7)14(18)17-11-5-6-12(15)16-8(11)2/h5-6H,1-4H3,(H,17,18). The van der Waals surface area contributed by atoms with E-state index in [9.17, 15) is 4.79 Å². The highest BCUT2D eigenvalue weighted by Gasteiger charge is 2.19. The minimum atomic E-state index is -0.195. The van der Waals surface area contributed by atoms with Crippen LogP contribution < -0.4 is 5.32 Å². The monoisotopic (exact) mass is 278 g/mol. The summed E-state index contributed by atoms with van der Waals surface area (Å²) in [6.45, 7) is 7.28. The van der Waals surface area contributed by atoms with Gasteiger partial charge in [0.15, 0.2) is 0 Å². The first-order valence-corrected chi connectivity index (χ1v) is 6.29. The number of hydrogen-bond donors (Lipinski definition) is 1. The lowest BCUT2D eigenvalue weighted by molar-refractivity contribution is 0.102. The quantitative estimate of drug-likeness (QED) is 0.850. The molecule has 0 aliphatic carbocycles. The molecule has 5 heteroatoms. The van der Waals surface area contributed by atoms with E-state index >= 15 is 0 Å². The Hall–Kier alpha value is -1.81. The lowest BCUT2D eigenvalue weighted by Gasteiger charge is -2.08. The Morgan fingerprint density at radius 3 is 2.42 bits per heavy atom. The van der Waals surface area contributed by atoms with Crippen molar-refractivity contribution < 1.29 is 9.21 Å². The number of pyridine rings is 1. The van der Waals surface area contributed by atoms with Crippen LogP contribution in [0.15, 0.2) is 16.5 Å². The van der Waals surface area contributed by atoms with E-state index < -0.39 is 0 Å². The van der Waals surface area contributed by atoms with Crippen LogP contribution in [0.25, 0.3) is 0 Å². The van der Waals surface area contributed by atoms with E-state index in [-0.39, 0.29) is 5.91 Å². The second-order valence-corrected chi connectivity index (χ2v) is 4.82. The average Bonchev–Trinajstić information content (AvgIpc) is 2.57. The summed E-state index contributed by atoms with van der Waals surface area (Å²) in [7, 11) is 0. The van der Waals surface area contributed by atoms with Crippen molar-refractivity contribution in [1.29, 1.82) is 0 Å². The fourth-order valence-electron chi connectivity index (χ4n) is 1.97. The number of nitrogens with one attached hydrogen (secondary N) is 1. The van der Waals surface area contributed by atoms with Crippen molar-refractivity contribution >= 4 is 23.2 Å². The van der Waals surface area contributed by atoms with Crippen molar-refractivity contribution in [3.63, 3.8) is 0 Å². The van der Waals surface area contributed by atoms with Gasteiger partial charge in [-0.3, -0.25) is 4.79 Å². The van der Waals surface area contributed by atoms with Crippen LogP contribution in [0.4, 0.5) is 5.69 Å². The lowest BCUT2D eigenvalue weighted by Crippen LogP contribution is -2.14. The fourth-order valence-corrected chi connectivity index (χ4v) is 2.16. The van der Waals surface area contributed by atoms with E-state index in [2.05, 4.69) is 10.3 Å². The van der Waals surface area contributed by atoms with Crippen molar-refractivity contribution in [2.75, 3.05) is 5.32 Å². The summed E-state index contributed by atoms with van der Waals surface area (Å²) >= 11 is 5.79. The number of aromatic nitrogens is 1. The largest absolute Gasteiger partial charge is 0.466 e. The number of anilines is 1. The molecule has 0 saturated heterocycles. The summed E-state index contributed by atoms with van der Waals surface area (Å²) in [5, 5.41) is 3.23.